The van der Waals surface area contributed by atoms with Gasteiger partial charge in [0, 0.05) is 37.5 Å². The van der Waals surface area contributed by atoms with Crippen LogP contribution < -0.4 is 5.32 Å². The molecule has 0 aromatic carbocycles. The summed E-state index contributed by atoms with van der Waals surface area (Å²) in [6.07, 6.45) is 5.30. The van der Waals surface area contributed by atoms with Gasteiger partial charge in [-0.1, -0.05) is 12.1 Å². The topological polar surface area (TPSA) is 67.4 Å². The molecule has 1 amide bonds. The molecule has 2 aliphatic rings. The van der Waals surface area contributed by atoms with E-state index >= 15 is 0 Å². The van der Waals surface area contributed by atoms with Gasteiger partial charge in [0.25, 0.3) is 5.91 Å². The first kappa shape index (κ1) is 17.9. The van der Waals surface area contributed by atoms with Crippen molar-refractivity contribution in [3.8, 4) is 0 Å². The summed E-state index contributed by atoms with van der Waals surface area (Å²) >= 11 is 0. The van der Waals surface area contributed by atoms with Crippen LogP contribution in [0.3, 0.4) is 0 Å². The Hall–Kier alpha value is -2.47. The predicted molar refractivity (Wildman–Crippen MR) is 104 cm³/mol. The molecule has 0 aliphatic carbocycles. The maximum atomic E-state index is 12.5. The highest BCUT2D eigenvalue weighted by Crippen LogP contribution is 2.29. The van der Waals surface area contributed by atoms with Crippen LogP contribution in [0.4, 0.5) is 11.6 Å². The van der Waals surface area contributed by atoms with Crippen LogP contribution >= 0.6 is 0 Å². The van der Waals surface area contributed by atoms with E-state index in [-0.39, 0.29) is 12.0 Å². The summed E-state index contributed by atoms with van der Waals surface area (Å²) in [5, 5.41) is 3.31. The van der Waals surface area contributed by atoms with Gasteiger partial charge in [0.1, 0.15) is 17.7 Å². The molecule has 4 heterocycles. The van der Waals surface area contributed by atoms with Gasteiger partial charge in [0.2, 0.25) is 0 Å². The molecule has 0 saturated carbocycles. The summed E-state index contributed by atoms with van der Waals surface area (Å²) in [6.45, 7) is 4.30. The van der Waals surface area contributed by atoms with Crippen molar-refractivity contribution in [3.05, 3.63) is 47.8 Å². The van der Waals surface area contributed by atoms with Crippen LogP contribution in [-0.2, 0) is 9.53 Å². The molecule has 0 unspecified atom stereocenters. The second-order valence-corrected chi connectivity index (χ2v) is 7.34. The minimum Gasteiger partial charge on any atom is -0.368 e. The third kappa shape index (κ3) is 4.11. The molecular weight excluding hydrogens is 340 g/mol. The first-order valence-corrected chi connectivity index (χ1v) is 9.77. The van der Waals surface area contributed by atoms with Crippen LogP contribution in [0.25, 0.3) is 0 Å². The van der Waals surface area contributed by atoms with Gasteiger partial charge >= 0.3 is 0 Å². The number of anilines is 2. The van der Waals surface area contributed by atoms with Crippen LogP contribution in [0.2, 0.25) is 0 Å². The lowest BCUT2D eigenvalue weighted by atomic mass is 9.92. The molecule has 2 saturated heterocycles. The molecule has 0 radical (unpaired) electrons. The van der Waals surface area contributed by atoms with Crippen LogP contribution in [0.5, 0.6) is 0 Å². The van der Waals surface area contributed by atoms with Crippen molar-refractivity contribution in [1.82, 2.24) is 14.9 Å². The van der Waals surface area contributed by atoms with E-state index in [1.807, 2.05) is 36.1 Å². The standard InChI is InChI=1S/C21H26N4O2/c1-15-5-3-11-22-20(15)24-19-8-2-6-17(23-19)16-9-12-25(13-10-16)21(26)18-7-4-14-27-18/h2-3,5-6,8,11,16,18H,4,7,9-10,12-14H2,1H3,(H,22,23,24)/t18-/m0/s1. The van der Waals surface area contributed by atoms with Gasteiger partial charge in [-0.15, -0.1) is 0 Å². The molecule has 6 heteroatoms. The van der Waals surface area contributed by atoms with Gasteiger partial charge in [-0.2, -0.15) is 0 Å². The number of carbonyl (C=O) groups excluding carboxylic acids is 1. The van der Waals surface area contributed by atoms with Crippen LogP contribution in [-0.4, -0.2) is 46.6 Å². The fraction of sp³-hybridized carbons (Fsp3) is 0.476. The van der Waals surface area contributed by atoms with Crippen molar-refractivity contribution in [2.24, 2.45) is 0 Å². The van der Waals surface area contributed by atoms with Crippen LogP contribution in [0.15, 0.2) is 36.5 Å². The Morgan fingerprint density at radius 2 is 2.04 bits per heavy atom. The van der Waals surface area contributed by atoms with Gasteiger partial charge < -0.3 is 15.0 Å². The van der Waals surface area contributed by atoms with Gasteiger partial charge in [0.05, 0.1) is 0 Å². The number of nitrogens with zero attached hydrogens (tertiary/aromatic N) is 3. The predicted octanol–water partition coefficient (Wildman–Crippen LogP) is 3.41. The molecule has 27 heavy (non-hydrogen) atoms. The first-order valence-electron chi connectivity index (χ1n) is 9.77. The van der Waals surface area contributed by atoms with Gasteiger partial charge in [0.15, 0.2) is 0 Å². The van der Waals surface area contributed by atoms with Gasteiger partial charge in [-0.3, -0.25) is 4.79 Å². The lowest BCUT2D eigenvalue weighted by Crippen LogP contribution is -2.43. The smallest absolute Gasteiger partial charge is 0.251 e. The van der Waals surface area contributed by atoms with Gasteiger partial charge in [-0.25, -0.2) is 9.97 Å². The quantitative estimate of drug-likeness (QED) is 0.898. The third-order valence-corrected chi connectivity index (χ3v) is 5.46. The highest BCUT2D eigenvalue weighted by atomic mass is 16.5. The molecule has 1 N–H and O–H groups in total. The molecule has 2 fully saturated rings. The van der Waals surface area contributed by atoms with E-state index < -0.39 is 0 Å². The van der Waals surface area contributed by atoms with Crippen LogP contribution in [0, 0.1) is 6.92 Å². The van der Waals surface area contributed by atoms with Crippen molar-refractivity contribution < 1.29 is 9.53 Å². The fourth-order valence-corrected chi connectivity index (χ4v) is 3.86. The average Bonchev–Trinajstić information content (AvgIpc) is 3.24. The molecule has 4 rings (SSSR count). The van der Waals surface area contributed by atoms with E-state index in [0.717, 1.165) is 61.7 Å². The largest absolute Gasteiger partial charge is 0.368 e. The number of hydrogen-bond donors (Lipinski definition) is 1. The Morgan fingerprint density at radius 1 is 1.19 bits per heavy atom. The van der Waals surface area contributed by atoms with E-state index in [2.05, 4.69) is 16.4 Å². The second-order valence-electron chi connectivity index (χ2n) is 7.34. The molecule has 2 aliphatic heterocycles. The van der Waals surface area contributed by atoms with E-state index in [9.17, 15) is 4.79 Å². The number of nitrogens with one attached hydrogen (secondary N) is 1. The highest BCUT2D eigenvalue weighted by molar-refractivity contribution is 5.81. The lowest BCUT2D eigenvalue weighted by Gasteiger charge is -2.33. The zero-order chi connectivity index (χ0) is 18.6. The Bertz CT molecular complexity index is 796. The number of hydrogen-bond acceptors (Lipinski definition) is 5. The van der Waals surface area contributed by atoms with Crippen molar-refractivity contribution in [1.29, 1.82) is 0 Å². The van der Waals surface area contributed by atoms with Crippen molar-refractivity contribution >= 4 is 17.5 Å². The fourth-order valence-electron chi connectivity index (χ4n) is 3.86. The molecule has 0 bridgehead atoms. The van der Waals surface area contributed by atoms with Gasteiger partial charge in [-0.05, 0) is 56.4 Å². The molecule has 2 aromatic rings. The number of rotatable bonds is 4. The van der Waals surface area contributed by atoms with Crippen molar-refractivity contribution in [3.63, 3.8) is 0 Å². The summed E-state index contributed by atoms with van der Waals surface area (Å²) in [5.74, 6) is 2.19. The number of carbonyl (C=O) groups is 1. The average molecular weight is 366 g/mol. The summed E-state index contributed by atoms with van der Waals surface area (Å²) < 4.78 is 5.54. The van der Waals surface area contributed by atoms with E-state index in [4.69, 9.17) is 9.72 Å². The maximum Gasteiger partial charge on any atom is 0.251 e. The number of amides is 1. The zero-order valence-corrected chi connectivity index (χ0v) is 15.7. The first-order chi connectivity index (χ1) is 13.2. The summed E-state index contributed by atoms with van der Waals surface area (Å²) in [7, 11) is 0. The molecule has 0 spiro atoms. The van der Waals surface area contributed by atoms with E-state index in [0.29, 0.717) is 12.5 Å². The number of aryl methyl sites for hydroxylation is 1. The second kappa shape index (κ2) is 8.05. The summed E-state index contributed by atoms with van der Waals surface area (Å²) in [6, 6.07) is 10.0. The van der Waals surface area contributed by atoms with E-state index in [1.165, 1.54) is 0 Å². The van der Waals surface area contributed by atoms with Crippen molar-refractivity contribution in [2.75, 3.05) is 25.0 Å². The van der Waals surface area contributed by atoms with Crippen LogP contribution in [0.1, 0.15) is 42.9 Å². The van der Waals surface area contributed by atoms with Crippen molar-refractivity contribution in [2.45, 2.75) is 44.6 Å². The normalized spacial score (nSPS) is 20.6. The maximum absolute atomic E-state index is 12.5. The minimum atomic E-state index is -0.214. The molecule has 2 aromatic heterocycles. The molecular formula is C21H26N4O2. The zero-order valence-electron chi connectivity index (χ0n) is 15.7. The Labute approximate surface area is 160 Å². The molecule has 6 nitrogen and oxygen atoms in total. The Kier molecular flexibility index (Phi) is 5.34. The number of aromatic nitrogens is 2. The highest BCUT2D eigenvalue weighted by Gasteiger charge is 2.31. The SMILES string of the molecule is Cc1cccnc1Nc1cccc(C2CCN(C(=O)[C@@H]3CCCO3)CC2)n1. The van der Waals surface area contributed by atoms with E-state index in [1.54, 1.807) is 6.20 Å². The number of ether oxygens (including phenoxy) is 1. The molecule has 1 atom stereocenters. The Morgan fingerprint density at radius 3 is 2.78 bits per heavy atom. The third-order valence-electron chi connectivity index (χ3n) is 5.46. The minimum absolute atomic E-state index is 0.167. The molecule has 142 valence electrons. The summed E-state index contributed by atoms with van der Waals surface area (Å²) in [4.78, 5) is 23.6. The number of pyridine rings is 2. The lowest BCUT2D eigenvalue weighted by molar-refractivity contribution is -0.142. The Balaban J connectivity index is 1.38. The monoisotopic (exact) mass is 366 g/mol. The number of piperidine rings is 1. The summed E-state index contributed by atoms with van der Waals surface area (Å²) in [5.41, 5.74) is 2.17. The number of likely N-dealkylation sites (tertiary alicyclic amines) is 1.